The summed E-state index contributed by atoms with van der Waals surface area (Å²) in [6.45, 7) is 2.23. The Bertz CT molecular complexity index is 1070. The normalized spacial score (nSPS) is 17.5. The van der Waals surface area contributed by atoms with E-state index in [1.165, 1.54) is 6.42 Å². The number of halogens is 1. The van der Waals surface area contributed by atoms with E-state index in [4.69, 9.17) is 16.6 Å². The van der Waals surface area contributed by atoms with E-state index in [1.807, 2.05) is 28.9 Å². The van der Waals surface area contributed by atoms with Gasteiger partial charge >= 0.3 is 0 Å². The molecule has 4 aromatic rings. The number of hydrogen-bond donors (Lipinski definition) is 2. The molecule has 1 aliphatic rings. The van der Waals surface area contributed by atoms with E-state index in [2.05, 4.69) is 27.4 Å². The molecule has 132 valence electrons. The number of aromatic amines is 1. The average Bonchev–Trinajstić information content (AvgIpc) is 3.41. The molecule has 6 heteroatoms. The summed E-state index contributed by atoms with van der Waals surface area (Å²) in [5.41, 5.74) is 4.82. The van der Waals surface area contributed by atoms with E-state index in [1.54, 1.807) is 6.20 Å². The molecule has 0 radical (unpaired) electrons. The van der Waals surface area contributed by atoms with E-state index in [0.717, 1.165) is 65.4 Å². The summed E-state index contributed by atoms with van der Waals surface area (Å²) in [4.78, 5) is 12.8. The zero-order chi connectivity index (χ0) is 17.5. The Hall–Kier alpha value is -2.37. The molecule has 0 unspecified atom stereocenters. The lowest BCUT2D eigenvalue weighted by molar-refractivity contribution is 0.530. The highest BCUT2D eigenvalue weighted by Gasteiger charge is 2.20. The smallest absolute Gasteiger partial charge is 0.159 e. The summed E-state index contributed by atoms with van der Waals surface area (Å²) in [6.07, 6.45) is 8.98. The van der Waals surface area contributed by atoms with Crippen molar-refractivity contribution in [2.75, 3.05) is 13.1 Å². The van der Waals surface area contributed by atoms with Gasteiger partial charge in [-0.1, -0.05) is 29.8 Å². The van der Waals surface area contributed by atoms with Crippen LogP contribution >= 0.6 is 11.6 Å². The molecular weight excluding hydrogens is 346 g/mol. The number of fused-ring (bicyclic) bond motifs is 2. The van der Waals surface area contributed by atoms with Crippen LogP contribution in [0.1, 0.15) is 18.5 Å². The fourth-order valence-corrected chi connectivity index (χ4v) is 4.21. The van der Waals surface area contributed by atoms with Crippen LogP contribution in [0.5, 0.6) is 0 Å². The van der Waals surface area contributed by atoms with Crippen molar-refractivity contribution in [3.63, 3.8) is 0 Å². The van der Waals surface area contributed by atoms with Gasteiger partial charge in [0.2, 0.25) is 0 Å². The number of benzene rings is 1. The Morgan fingerprint density at radius 1 is 1.27 bits per heavy atom. The third kappa shape index (κ3) is 2.59. The van der Waals surface area contributed by atoms with Gasteiger partial charge in [0.15, 0.2) is 5.65 Å². The maximum atomic E-state index is 6.71. The van der Waals surface area contributed by atoms with Gasteiger partial charge in [0.25, 0.3) is 0 Å². The third-order valence-electron chi connectivity index (χ3n) is 5.35. The number of imidazole rings is 1. The quantitative estimate of drug-likeness (QED) is 0.573. The van der Waals surface area contributed by atoms with E-state index in [9.17, 15) is 0 Å². The van der Waals surface area contributed by atoms with Crippen LogP contribution in [0.4, 0.5) is 0 Å². The van der Waals surface area contributed by atoms with Crippen LogP contribution in [0.2, 0.25) is 5.15 Å². The second-order valence-electron chi connectivity index (χ2n) is 6.96. The first-order chi connectivity index (χ1) is 12.8. The Labute approximate surface area is 156 Å². The first kappa shape index (κ1) is 15.9. The molecule has 5 rings (SSSR count). The van der Waals surface area contributed by atoms with E-state index >= 15 is 0 Å². The molecule has 0 aliphatic carbocycles. The molecule has 1 atom stereocenters. The molecule has 4 heterocycles. The molecule has 0 spiro atoms. The molecule has 1 aromatic carbocycles. The predicted octanol–water partition coefficient (Wildman–Crippen LogP) is 4.07. The zero-order valence-electron chi connectivity index (χ0n) is 14.4. The number of para-hydroxylation sites is 1. The Balaban J connectivity index is 1.62. The van der Waals surface area contributed by atoms with Gasteiger partial charge in [-0.15, -0.1) is 0 Å². The number of aromatic nitrogens is 4. The Morgan fingerprint density at radius 3 is 3.08 bits per heavy atom. The maximum absolute atomic E-state index is 6.71. The largest absolute Gasteiger partial charge is 0.360 e. The predicted molar refractivity (Wildman–Crippen MR) is 105 cm³/mol. The maximum Gasteiger partial charge on any atom is 0.159 e. The van der Waals surface area contributed by atoms with Gasteiger partial charge in [-0.3, -0.25) is 4.40 Å². The zero-order valence-corrected chi connectivity index (χ0v) is 15.1. The average molecular weight is 366 g/mol. The standard InChI is InChI=1S/C20H20ClN5/c21-19-18(15-12-24-16-4-2-1-3-14(15)16)25-17(20-23-9-10-26(19)20)6-5-13-7-8-22-11-13/h1-4,9-10,12-13,22,24H,5-8,11H2/t13-/m0/s1. The second-order valence-corrected chi connectivity index (χ2v) is 7.32. The van der Waals surface area contributed by atoms with Crippen molar-refractivity contribution in [2.45, 2.75) is 19.3 Å². The molecular formula is C20H20ClN5. The number of H-pyrrole nitrogens is 1. The highest BCUT2D eigenvalue weighted by Crippen LogP contribution is 2.33. The summed E-state index contributed by atoms with van der Waals surface area (Å²) in [5.74, 6) is 0.721. The van der Waals surface area contributed by atoms with Crippen molar-refractivity contribution in [3.8, 4) is 11.3 Å². The van der Waals surface area contributed by atoms with Gasteiger partial charge < -0.3 is 10.3 Å². The summed E-state index contributed by atoms with van der Waals surface area (Å²) in [7, 11) is 0. The summed E-state index contributed by atoms with van der Waals surface area (Å²) >= 11 is 6.71. The lowest BCUT2D eigenvalue weighted by atomic mass is 10.0. The Kier molecular flexibility index (Phi) is 3.91. The van der Waals surface area contributed by atoms with Crippen molar-refractivity contribution in [2.24, 2.45) is 5.92 Å². The van der Waals surface area contributed by atoms with Crippen LogP contribution in [0.3, 0.4) is 0 Å². The Morgan fingerprint density at radius 2 is 2.19 bits per heavy atom. The fourth-order valence-electron chi connectivity index (χ4n) is 3.93. The number of hydrogen-bond acceptors (Lipinski definition) is 3. The minimum Gasteiger partial charge on any atom is -0.360 e. The van der Waals surface area contributed by atoms with Gasteiger partial charge in [0.05, 0.1) is 5.69 Å². The second kappa shape index (κ2) is 6.41. The molecule has 3 aromatic heterocycles. The molecule has 2 N–H and O–H groups in total. The van der Waals surface area contributed by atoms with Crippen LogP contribution in [0.15, 0.2) is 42.9 Å². The van der Waals surface area contributed by atoms with Crippen LogP contribution in [0, 0.1) is 5.92 Å². The molecule has 5 nitrogen and oxygen atoms in total. The summed E-state index contributed by atoms with van der Waals surface area (Å²) in [6, 6.07) is 8.23. The molecule has 26 heavy (non-hydrogen) atoms. The van der Waals surface area contributed by atoms with E-state index < -0.39 is 0 Å². The fraction of sp³-hybridized carbons (Fsp3) is 0.300. The molecule has 1 fully saturated rings. The van der Waals surface area contributed by atoms with Crippen molar-refractivity contribution in [1.82, 2.24) is 24.7 Å². The monoisotopic (exact) mass is 365 g/mol. The van der Waals surface area contributed by atoms with Crippen molar-refractivity contribution in [1.29, 1.82) is 0 Å². The summed E-state index contributed by atoms with van der Waals surface area (Å²) < 4.78 is 1.95. The first-order valence-corrected chi connectivity index (χ1v) is 9.47. The number of rotatable bonds is 4. The van der Waals surface area contributed by atoms with Crippen molar-refractivity contribution >= 4 is 28.2 Å². The van der Waals surface area contributed by atoms with Crippen LogP contribution in [-0.4, -0.2) is 32.4 Å². The number of nitrogens with zero attached hydrogens (tertiary/aromatic N) is 3. The minimum atomic E-state index is 0.605. The highest BCUT2D eigenvalue weighted by atomic mass is 35.5. The molecule has 0 bridgehead atoms. The van der Waals surface area contributed by atoms with Crippen molar-refractivity contribution < 1.29 is 0 Å². The van der Waals surface area contributed by atoms with E-state index in [-0.39, 0.29) is 0 Å². The summed E-state index contributed by atoms with van der Waals surface area (Å²) in [5, 5.41) is 5.17. The van der Waals surface area contributed by atoms with Gasteiger partial charge in [-0.05, 0) is 44.3 Å². The van der Waals surface area contributed by atoms with Crippen LogP contribution in [-0.2, 0) is 6.42 Å². The van der Waals surface area contributed by atoms with Gasteiger partial charge in [0.1, 0.15) is 10.8 Å². The minimum absolute atomic E-state index is 0.605. The van der Waals surface area contributed by atoms with Crippen LogP contribution < -0.4 is 5.32 Å². The SMILES string of the molecule is Clc1c(-c2c[nH]c3ccccc23)nc(CC[C@H]2CCNC2)c2nccn12. The number of nitrogens with one attached hydrogen (secondary N) is 2. The number of aryl methyl sites for hydroxylation is 1. The molecule has 1 aliphatic heterocycles. The highest BCUT2D eigenvalue weighted by molar-refractivity contribution is 6.32. The first-order valence-electron chi connectivity index (χ1n) is 9.10. The van der Waals surface area contributed by atoms with E-state index in [0.29, 0.717) is 5.15 Å². The lowest BCUT2D eigenvalue weighted by Gasteiger charge is -2.12. The van der Waals surface area contributed by atoms with Crippen molar-refractivity contribution in [3.05, 3.63) is 53.7 Å². The topological polar surface area (TPSA) is 58.0 Å². The molecule has 0 saturated carbocycles. The van der Waals surface area contributed by atoms with Crippen LogP contribution in [0.25, 0.3) is 27.8 Å². The molecule has 1 saturated heterocycles. The van der Waals surface area contributed by atoms with Gasteiger partial charge in [0, 0.05) is 35.1 Å². The third-order valence-corrected chi connectivity index (χ3v) is 5.71. The van der Waals surface area contributed by atoms with Gasteiger partial charge in [-0.25, -0.2) is 9.97 Å². The lowest BCUT2D eigenvalue weighted by Crippen LogP contribution is -2.10. The van der Waals surface area contributed by atoms with Gasteiger partial charge in [-0.2, -0.15) is 0 Å². The molecule has 0 amide bonds.